The maximum absolute atomic E-state index is 12.1. The first-order valence-corrected chi connectivity index (χ1v) is 6.86. The summed E-state index contributed by atoms with van der Waals surface area (Å²) in [6, 6.07) is 11.2. The van der Waals surface area contributed by atoms with Gasteiger partial charge < -0.3 is 9.47 Å². The SMILES string of the molecule is COc1ccc(-c2nn3ccccc3c2C(C)=O)cc1OC. The normalized spacial score (nSPS) is 10.7. The summed E-state index contributed by atoms with van der Waals surface area (Å²) in [6.07, 6.45) is 1.83. The molecule has 0 saturated carbocycles. The number of aromatic nitrogens is 2. The highest BCUT2D eigenvalue weighted by molar-refractivity contribution is 6.06. The average Bonchev–Trinajstić information content (AvgIpc) is 2.93. The van der Waals surface area contributed by atoms with Crippen molar-refractivity contribution in [3.8, 4) is 22.8 Å². The lowest BCUT2D eigenvalue weighted by molar-refractivity contribution is 0.102. The van der Waals surface area contributed by atoms with Crippen molar-refractivity contribution >= 4 is 11.3 Å². The van der Waals surface area contributed by atoms with E-state index in [1.807, 2.05) is 42.6 Å². The summed E-state index contributed by atoms with van der Waals surface area (Å²) in [7, 11) is 3.17. The van der Waals surface area contributed by atoms with Gasteiger partial charge in [-0.2, -0.15) is 5.10 Å². The number of carbonyl (C=O) groups excluding carboxylic acids is 1. The van der Waals surface area contributed by atoms with Gasteiger partial charge in [-0.25, -0.2) is 4.52 Å². The van der Waals surface area contributed by atoms with Gasteiger partial charge in [-0.3, -0.25) is 4.79 Å². The van der Waals surface area contributed by atoms with Crippen LogP contribution >= 0.6 is 0 Å². The van der Waals surface area contributed by atoms with Gasteiger partial charge in [0.2, 0.25) is 0 Å². The van der Waals surface area contributed by atoms with Crippen LogP contribution in [0.1, 0.15) is 17.3 Å². The van der Waals surface area contributed by atoms with E-state index >= 15 is 0 Å². The molecule has 22 heavy (non-hydrogen) atoms. The maximum Gasteiger partial charge on any atom is 0.164 e. The molecule has 0 bridgehead atoms. The van der Waals surface area contributed by atoms with Crippen LogP contribution in [0.5, 0.6) is 11.5 Å². The average molecular weight is 296 g/mol. The van der Waals surface area contributed by atoms with Crippen molar-refractivity contribution in [1.82, 2.24) is 9.61 Å². The Morgan fingerprint density at radius 1 is 1.09 bits per heavy atom. The van der Waals surface area contributed by atoms with Crippen molar-refractivity contribution in [1.29, 1.82) is 0 Å². The number of fused-ring (bicyclic) bond motifs is 1. The number of rotatable bonds is 4. The molecule has 112 valence electrons. The van der Waals surface area contributed by atoms with E-state index in [1.54, 1.807) is 25.7 Å². The van der Waals surface area contributed by atoms with Crippen molar-refractivity contribution in [3.05, 3.63) is 48.2 Å². The van der Waals surface area contributed by atoms with Crippen molar-refractivity contribution in [2.75, 3.05) is 14.2 Å². The highest BCUT2D eigenvalue weighted by atomic mass is 16.5. The summed E-state index contributed by atoms with van der Waals surface area (Å²) in [5, 5.41) is 4.53. The van der Waals surface area contributed by atoms with Crippen LogP contribution < -0.4 is 9.47 Å². The zero-order valence-corrected chi connectivity index (χ0v) is 12.7. The fraction of sp³-hybridized carbons (Fsp3) is 0.176. The molecule has 0 atom stereocenters. The van der Waals surface area contributed by atoms with Crippen molar-refractivity contribution in [2.24, 2.45) is 0 Å². The topological polar surface area (TPSA) is 52.8 Å². The zero-order valence-electron chi connectivity index (χ0n) is 12.7. The maximum atomic E-state index is 12.1. The molecule has 0 aliphatic rings. The number of nitrogens with zero attached hydrogens (tertiary/aromatic N) is 2. The van der Waals surface area contributed by atoms with Gasteiger partial charge in [0.25, 0.3) is 0 Å². The molecule has 3 aromatic rings. The van der Waals surface area contributed by atoms with E-state index < -0.39 is 0 Å². The molecule has 0 saturated heterocycles. The van der Waals surface area contributed by atoms with Crippen LogP contribution in [0.2, 0.25) is 0 Å². The molecule has 2 aromatic heterocycles. The molecule has 1 aromatic carbocycles. The minimum absolute atomic E-state index is 0.0222. The van der Waals surface area contributed by atoms with E-state index in [-0.39, 0.29) is 5.78 Å². The third kappa shape index (κ3) is 2.20. The second-order valence-corrected chi connectivity index (χ2v) is 4.88. The van der Waals surface area contributed by atoms with Gasteiger partial charge in [-0.05, 0) is 37.3 Å². The van der Waals surface area contributed by atoms with E-state index in [9.17, 15) is 4.79 Å². The number of ketones is 1. The zero-order chi connectivity index (χ0) is 15.7. The van der Waals surface area contributed by atoms with E-state index in [0.717, 1.165) is 11.1 Å². The Balaban J connectivity index is 2.26. The smallest absolute Gasteiger partial charge is 0.164 e. The monoisotopic (exact) mass is 296 g/mol. The first-order chi connectivity index (χ1) is 10.7. The third-order valence-electron chi connectivity index (χ3n) is 3.55. The van der Waals surface area contributed by atoms with Gasteiger partial charge in [0, 0.05) is 11.8 Å². The lowest BCUT2D eigenvalue weighted by Crippen LogP contribution is -1.95. The molecule has 0 radical (unpaired) electrons. The largest absolute Gasteiger partial charge is 0.493 e. The summed E-state index contributed by atoms with van der Waals surface area (Å²) in [5.41, 5.74) is 2.85. The van der Waals surface area contributed by atoms with Gasteiger partial charge in [-0.15, -0.1) is 0 Å². The minimum atomic E-state index is -0.0222. The molecule has 0 aliphatic heterocycles. The predicted molar refractivity (Wildman–Crippen MR) is 83.7 cm³/mol. The highest BCUT2D eigenvalue weighted by Gasteiger charge is 2.19. The Morgan fingerprint density at radius 3 is 2.55 bits per heavy atom. The van der Waals surface area contributed by atoms with Crippen LogP contribution in [0.3, 0.4) is 0 Å². The molecule has 3 rings (SSSR count). The van der Waals surface area contributed by atoms with Crippen LogP contribution in [0, 0.1) is 0 Å². The molecule has 0 amide bonds. The molecule has 5 nitrogen and oxygen atoms in total. The van der Waals surface area contributed by atoms with Crippen molar-refractivity contribution in [3.63, 3.8) is 0 Å². The van der Waals surface area contributed by atoms with Crippen LogP contribution in [-0.4, -0.2) is 29.6 Å². The first-order valence-electron chi connectivity index (χ1n) is 6.86. The molecular weight excluding hydrogens is 280 g/mol. The Hall–Kier alpha value is -2.82. The van der Waals surface area contributed by atoms with Crippen LogP contribution in [-0.2, 0) is 0 Å². The number of ether oxygens (including phenoxy) is 2. The van der Waals surface area contributed by atoms with E-state index in [1.165, 1.54) is 0 Å². The lowest BCUT2D eigenvalue weighted by atomic mass is 10.0. The third-order valence-corrected chi connectivity index (χ3v) is 3.55. The van der Waals surface area contributed by atoms with Crippen molar-refractivity contribution in [2.45, 2.75) is 6.92 Å². The minimum Gasteiger partial charge on any atom is -0.493 e. The summed E-state index contributed by atoms with van der Waals surface area (Å²) in [4.78, 5) is 12.1. The highest BCUT2D eigenvalue weighted by Crippen LogP contribution is 2.34. The quantitative estimate of drug-likeness (QED) is 0.694. The lowest BCUT2D eigenvalue weighted by Gasteiger charge is -2.09. The van der Waals surface area contributed by atoms with Gasteiger partial charge in [0.15, 0.2) is 17.3 Å². The fourth-order valence-corrected chi connectivity index (χ4v) is 2.53. The molecule has 0 spiro atoms. The summed E-state index contributed by atoms with van der Waals surface area (Å²) in [6.45, 7) is 1.55. The van der Waals surface area contributed by atoms with Crippen molar-refractivity contribution < 1.29 is 14.3 Å². The summed E-state index contributed by atoms with van der Waals surface area (Å²) >= 11 is 0. The molecule has 0 aliphatic carbocycles. The number of methoxy groups -OCH3 is 2. The van der Waals surface area contributed by atoms with E-state index in [4.69, 9.17) is 9.47 Å². The fourth-order valence-electron chi connectivity index (χ4n) is 2.53. The van der Waals surface area contributed by atoms with E-state index in [0.29, 0.717) is 22.8 Å². The van der Waals surface area contributed by atoms with E-state index in [2.05, 4.69) is 5.10 Å². The molecular formula is C17H16N2O3. The number of carbonyl (C=O) groups is 1. The van der Waals surface area contributed by atoms with Gasteiger partial charge >= 0.3 is 0 Å². The van der Waals surface area contributed by atoms with Crippen LogP contribution in [0.15, 0.2) is 42.6 Å². The molecule has 2 heterocycles. The number of Topliss-reactive ketones (excluding diaryl/α,β-unsaturated/α-hetero) is 1. The summed E-state index contributed by atoms with van der Waals surface area (Å²) in [5.74, 6) is 1.22. The van der Waals surface area contributed by atoms with Gasteiger partial charge in [0.1, 0.15) is 5.69 Å². The summed E-state index contributed by atoms with van der Waals surface area (Å²) < 4.78 is 12.3. The Bertz CT molecular complexity index is 852. The van der Waals surface area contributed by atoms with Gasteiger partial charge in [-0.1, -0.05) is 6.07 Å². The second-order valence-electron chi connectivity index (χ2n) is 4.88. The number of benzene rings is 1. The Morgan fingerprint density at radius 2 is 1.86 bits per heavy atom. The standard InChI is InChI=1S/C17H16N2O3/c1-11(20)16-13-6-4-5-9-19(13)18-17(16)12-7-8-14(21-2)15(10-12)22-3/h4-10H,1-3H3. The van der Waals surface area contributed by atoms with Gasteiger partial charge in [0.05, 0.1) is 25.3 Å². The number of pyridine rings is 1. The molecule has 0 unspecified atom stereocenters. The number of hydrogen-bond acceptors (Lipinski definition) is 4. The molecule has 0 fully saturated rings. The van der Waals surface area contributed by atoms with Crippen LogP contribution in [0.25, 0.3) is 16.8 Å². The first kappa shape index (κ1) is 14.1. The molecule has 0 N–H and O–H groups in total. The predicted octanol–water partition coefficient (Wildman–Crippen LogP) is 3.22. The Kier molecular flexibility index (Phi) is 3.55. The second kappa shape index (κ2) is 5.52. The Labute approximate surface area is 128 Å². The number of hydrogen-bond donors (Lipinski definition) is 0. The van der Waals surface area contributed by atoms with Crippen LogP contribution in [0.4, 0.5) is 0 Å². The molecule has 5 heteroatoms.